The molecular weight excluding hydrogens is 248 g/mol. The lowest BCUT2D eigenvalue weighted by Crippen LogP contribution is -1.91. The standard InChI is InChI=1S/C17H12N2O/c1-20-16-8-4-6-12-9-10-15(19-17(12)16)14-7-3-2-5-13(14)11-18/h2-10H,1H3. The molecule has 0 radical (unpaired) electrons. The molecule has 0 aliphatic rings. The molecule has 0 aliphatic carbocycles. The highest BCUT2D eigenvalue weighted by Crippen LogP contribution is 2.28. The summed E-state index contributed by atoms with van der Waals surface area (Å²) in [7, 11) is 1.63. The van der Waals surface area contributed by atoms with E-state index < -0.39 is 0 Å². The van der Waals surface area contributed by atoms with Crippen molar-refractivity contribution in [2.24, 2.45) is 0 Å². The van der Waals surface area contributed by atoms with Crippen molar-refractivity contribution in [1.82, 2.24) is 4.98 Å². The van der Waals surface area contributed by atoms with E-state index in [-0.39, 0.29) is 0 Å². The average molecular weight is 260 g/mol. The van der Waals surface area contributed by atoms with Crippen LogP contribution in [0.15, 0.2) is 54.6 Å². The van der Waals surface area contributed by atoms with Crippen LogP contribution in [0.5, 0.6) is 5.75 Å². The van der Waals surface area contributed by atoms with E-state index in [0.29, 0.717) is 5.56 Å². The van der Waals surface area contributed by atoms with E-state index in [1.54, 1.807) is 13.2 Å². The van der Waals surface area contributed by atoms with Crippen LogP contribution in [0.4, 0.5) is 0 Å². The summed E-state index contributed by atoms with van der Waals surface area (Å²) in [6, 6.07) is 19.4. The van der Waals surface area contributed by atoms with Crippen LogP contribution >= 0.6 is 0 Å². The normalized spacial score (nSPS) is 10.2. The van der Waals surface area contributed by atoms with E-state index in [0.717, 1.165) is 27.9 Å². The molecule has 3 aromatic rings. The predicted octanol–water partition coefficient (Wildman–Crippen LogP) is 3.78. The maximum absolute atomic E-state index is 9.19. The van der Waals surface area contributed by atoms with Crippen molar-refractivity contribution in [3.63, 3.8) is 0 Å². The molecule has 0 N–H and O–H groups in total. The van der Waals surface area contributed by atoms with Gasteiger partial charge in [0.15, 0.2) is 0 Å². The second-order valence-electron chi connectivity index (χ2n) is 4.39. The molecule has 0 atom stereocenters. The largest absolute Gasteiger partial charge is 0.494 e. The highest BCUT2D eigenvalue weighted by atomic mass is 16.5. The van der Waals surface area contributed by atoms with Crippen LogP contribution in [-0.4, -0.2) is 12.1 Å². The number of ether oxygens (including phenoxy) is 1. The molecule has 0 saturated carbocycles. The second-order valence-corrected chi connectivity index (χ2v) is 4.39. The number of aromatic nitrogens is 1. The van der Waals surface area contributed by atoms with Gasteiger partial charge in [-0.25, -0.2) is 4.98 Å². The summed E-state index contributed by atoms with van der Waals surface area (Å²) in [6.45, 7) is 0. The average Bonchev–Trinajstić information content (AvgIpc) is 2.53. The van der Waals surface area contributed by atoms with Crippen molar-refractivity contribution in [3.8, 4) is 23.1 Å². The van der Waals surface area contributed by atoms with Gasteiger partial charge in [0.05, 0.1) is 24.4 Å². The molecule has 1 heterocycles. The third-order valence-corrected chi connectivity index (χ3v) is 3.23. The van der Waals surface area contributed by atoms with Crippen molar-refractivity contribution in [3.05, 3.63) is 60.2 Å². The number of benzene rings is 2. The molecule has 3 rings (SSSR count). The zero-order valence-electron chi connectivity index (χ0n) is 11.0. The molecule has 3 nitrogen and oxygen atoms in total. The van der Waals surface area contributed by atoms with Crippen LogP contribution in [0.1, 0.15) is 5.56 Å². The lowest BCUT2D eigenvalue weighted by Gasteiger charge is -2.08. The Kier molecular flexibility index (Phi) is 3.06. The molecule has 0 amide bonds. The number of pyridine rings is 1. The number of nitriles is 1. The maximum atomic E-state index is 9.19. The van der Waals surface area contributed by atoms with E-state index in [9.17, 15) is 5.26 Å². The third kappa shape index (κ3) is 1.98. The van der Waals surface area contributed by atoms with Crippen molar-refractivity contribution >= 4 is 10.9 Å². The van der Waals surface area contributed by atoms with E-state index in [1.807, 2.05) is 48.5 Å². The van der Waals surface area contributed by atoms with Crippen LogP contribution in [0.3, 0.4) is 0 Å². The topological polar surface area (TPSA) is 45.9 Å². The van der Waals surface area contributed by atoms with Crippen LogP contribution in [-0.2, 0) is 0 Å². The maximum Gasteiger partial charge on any atom is 0.145 e. The molecule has 20 heavy (non-hydrogen) atoms. The highest BCUT2D eigenvalue weighted by molar-refractivity contribution is 5.87. The monoisotopic (exact) mass is 260 g/mol. The Morgan fingerprint density at radius 2 is 1.85 bits per heavy atom. The molecule has 96 valence electrons. The van der Waals surface area contributed by atoms with Gasteiger partial charge in [0.25, 0.3) is 0 Å². The van der Waals surface area contributed by atoms with Crippen molar-refractivity contribution in [2.45, 2.75) is 0 Å². The number of para-hydroxylation sites is 1. The first kappa shape index (κ1) is 12.2. The molecule has 3 heteroatoms. The summed E-state index contributed by atoms with van der Waals surface area (Å²) in [5, 5.41) is 10.2. The summed E-state index contributed by atoms with van der Waals surface area (Å²) in [5.41, 5.74) is 3.04. The first-order valence-corrected chi connectivity index (χ1v) is 6.27. The van der Waals surface area contributed by atoms with E-state index in [1.165, 1.54) is 0 Å². The molecule has 1 aromatic heterocycles. The first-order chi connectivity index (χ1) is 9.83. The van der Waals surface area contributed by atoms with Crippen molar-refractivity contribution in [1.29, 1.82) is 5.26 Å². The van der Waals surface area contributed by atoms with E-state index in [4.69, 9.17) is 4.74 Å². The number of fused-ring (bicyclic) bond motifs is 1. The van der Waals surface area contributed by atoms with Gasteiger partial charge in [-0.05, 0) is 18.2 Å². The van der Waals surface area contributed by atoms with Gasteiger partial charge in [-0.15, -0.1) is 0 Å². The van der Waals surface area contributed by atoms with Crippen LogP contribution in [0.2, 0.25) is 0 Å². The van der Waals surface area contributed by atoms with Gasteiger partial charge >= 0.3 is 0 Å². The lowest BCUT2D eigenvalue weighted by molar-refractivity contribution is 0.419. The molecule has 0 unspecified atom stereocenters. The number of hydrogen-bond acceptors (Lipinski definition) is 3. The summed E-state index contributed by atoms with van der Waals surface area (Å²) < 4.78 is 5.35. The van der Waals surface area contributed by atoms with Gasteiger partial charge in [-0.1, -0.05) is 36.4 Å². The summed E-state index contributed by atoms with van der Waals surface area (Å²) >= 11 is 0. The van der Waals surface area contributed by atoms with Crippen LogP contribution < -0.4 is 4.74 Å². The van der Waals surface area contributed by atoms with Crippen LogP contribution in [0.25, 0.3) is 22.2 Å². The summed E-state index contributed by atoms with van der Waals surface area (Å²) in [6.07, 6.45) is 0. The highest BCUT2D eigenvalue weighted by Gasteiger charge is 2.08. The van der Waals surface area contributed by atoms with Crippen molar-refractivity contribution in [2.75, 3.05) is 7.11 Å². The van der Waals surface area contributed by atoms with E-state index in [2.05, 4.69) is 11.1 Å². The molecule has 2 aromatic carbocycles. The van der Waals surface area contributed by atoms with Crippen LogP contribution in [0, 0.1) is 11.3 Å². The Bertz CT molecular complexity index is 819. The fourth-order valence-corrected chi connectivity index (χ4v) is 2.24. The first-order valence-electron chi connectivity index (χ1n) is 6.27. The second kappa shape index (κ2) is 5.02. The SMILES string of the molecule is COc1cccc2ccc(-c3ccccc3C#N)nc12. The molecule has 0 fully saturated rings. The third-order valence-electron chi connectivity index (χ3n) is 3.23. The van der Waals surface area contributed by atoms with Gasteiger partial charge in [-0.2, -0.15) is 5.26 Å². The smallest absolute Gasteiger partial charge is 0.145 e. The minimum absolute atomic E-state index is 0.620. The Morgan fingerprint density at radius 1 is 1.00 bits per heavy atom. The minimum Gasteiger partial charge on any atom is -0.494 e. The summed E-state index contributed by atoms with van der Waals surface area (Å²) in [4.78, 5) is 4.65. The fraction of sp³-hybridized carbons (Fsp3) is 0.0588. The molecule has 0 bridgehead atoms. The summed E-state index contributed by atoms with van der Waals surface area (Å²) in [5.74, 6) is 0.735. The van der Waals surface area contributed by atoms with Gasteiger partial charge in [0, 0.05) is 10.9 Å². The van der Waals surface area contributed by atoms with Crippen molar-refractivity contribution < 1.29 is 4.74 Å². The molecule has 0 saturated heterocycles. The molecular formula is C17H12N2O. The Balaban J connectivity index is 2.26. The number of nitrogens with zero attached hydrogens (tertiary/aromatic N) is 2. The van der Waals surface area contributed by atoms with E-state index >= 15 is 0 Å². The quantitative estimate of drug-likeness (QED) is 0.704. The van der Waals surface area contributed by atoms with Gasteiger partial charge in [-0.3, -0.25) is 0 Å². The molecule has 0 aliphatic heterocycles. The Hall–Kier alpha value is -2.86. The Morgan fingerprint density at radius 3 is 2.65 bits per heavy atom. The number of hydrogen-bond donors (Lipinski definition) is 0. The molecule has 0 spiro atoms. The fourth-order valence-electron chi connectivity index (χ4n) is 2.24. The number of methoxy groups -OCH3 is 1. The van der Waals surface area contributed by atoms with Gasteiger partial charge in [0.1, 0.15) is 11.3 Å². The van der Waals surface area contributed by atoms with Gasteiger partial charge in [0.2, 0.25) is 0 Å². The zero-order chi connectivity index (χ0) is 13.9. The zero-order valence-corrected chi connectivity index (χ0v) is 11.0. The predicted molar refractivity (Wildman–Crippen MR) is 78.4 cm³/mol. The Labute approximate surface area is 117 Å². The number of rotatable bonds is 2. The minimum atomic E-state index is 0.620. The van der Waals surface area contributed by atoms with Gasteiger partial charge < -0.3 is 4.74 Å². The lowest BCUT2D eigenvalue weighted by atomic mass is 10.0.